The van der Waals surface area contributed by atoms with E-state index in [9.17, 15) is 8.42 Å². The quantitative estimate of drug-likeness (QED) is 0.539. The molecule has 4 aromatic rings. The third-order valence-corrected chi connectivity index (χ3v) is 5.47. The van der Waals surface area contributed by atoms with Crippen LogP contribution in [0.4, 0.5) is 5.69 Å². The van der Waals surface area contributed by atoms with Gasteiger partial charge in [0.25, 0.3) is 15.9 Å². The second-order valence-corrected chi connectivity index (χ2v) is 7.80. The minimum Gasteiger partial charge on any atom is -0.334 e. The molecule has 0 unspecified atom stereocenters. The molecule has 1 N–H and O–H groups in total. The molecule has 0 atom stereocenters. The Morgan fingerprint density at radius 1 is 0.897 bits per heavy atom. The van der Waals surface area contributed by atoms with E-state index in [1.165, 1.54) is 18.2 Å². The molecule has 0 aliphatic carbocycles. The second-order valence-electron chi connectivity index (χ2n) is 6.12. The summed E-state index contributed by atoms with van der Waals surface area (Å²) in [5.41, 5.74) is 1.94. The van der Waals surface area contributed by atoms with Gasteiger partial charge < -0.3 is 4.52 Å². The highest BCUT2D eigenvalue weighted by Crippen LogP contribution is 2.25. The summed E-state index contributed by atoms with van der Waals surface area (Å²) in [5, 5.41) is 12.9. The molecule has 0 bridgehead atoms. The normalized spacial score (nSPS) is 11.0. The van der Waals surface area contributed by atoms with Crippen molar-refractivity contribution in [3.05, 3.63) is 84.4 Å². The molecule has 0 spiro atoms. The van der Waals surface area contributed by atoms with E-state index >= 15 is 0 Å². The molecule has 29 heavy (non-hydrogen) atoms. The van der Waals surface area contributed by atoms with Gasteiger partial charge in [0.15, 0.2) is 0 Å². The van der Waals surface area contributed by atoms with Crippen molar-refractivity contribution in [2.24, 2.45) is 0 Å². The topological polar surface area (TPSA) is 109 Å². The van der Waals surface area contributed by atoms with Crippen molar-refractivity contribution < 1.29 is 12.9 Å². The summed E-state index contributed by atoms with van der Waals surface area (Å²) in [6, 6.07) is 23.8. The molecule has 1 heterocycles. The number of benzene rings is 3. The van der Waals surface area contributed by atoms with Crippen molar-refractivity contribution in [2.45, 2.75) is 4.90 Å². The van der Waals surface area contributed by atoms with Gasteiger partial charge in [-0.05, 0) is 36.4 Å². The molecular formula is C21H14N4O3S. The zero-order chi connectivity index (χ0) is 20.3. The van der Waals surface area contributed by atoms with Crippen LogP contribution in [0.15, 0.2) is 88.3 Å². The molecule has 0 radical (unpaired) electrons. The van der Waals surface area contributed by atoms with Crippen molar-refractivity contribution in [1.82, 2.24) is 10.1 Å². The smallest absolute Gasteiger partial charge is 0.261 e. The Kier molecular flexibility index (Phi) is 4.81. The van der Waals surface area contributed by atoms with E-state index in [2.05, 4.69) is 14.9 Å². The van der Waals surface area contributed by atoms with E-state index < -0.39 is 10.0 Å². The fraction of sp³-hybridized carbons (Fsp3) is 0. The van der Waals surface area contributed by atoms with E-state index in [-0.39, 0.29) is 10.8 Å². The Morgan fingerprint density at radius 3 is 2.45 bits per heavy atom. The molecule has 142 valence electrons. The van der Waals surface area contributed by atoms with Gasteiger partial charge >= 0.3 is 0 Å². The number of nitrogens with one attached hydrogen (secondary N) is 1. The number of rotatable bonds is 5. The summed E-state index contributed by atoms with van der Waals surface area (Å²) >= 11 is 0. The second kappa shape index (κ2) is 7.58. The van der Waals surface area contributed by atoms with Crippen LogP contribution in [0.2, 0.25) is 0 Å². The number of hydrogen-bond donors (Lipinski definition) is 1. The number of nitrogens with zero attached hydrogens (tertiary/aromatic N) is 3. The first-order valence-corrected chi connectivity index (χ1v) is 10.1. The van der Waals surface area contributed by atoms with Crippen LogP contribution in [0.5, 0.6) is 0 Å². The van der Waals surface area contributed by atoms with Crippen LogP contribution in [0.3, 0.4) is 0 Å². The molecule has 0 amide bonds. The van der Waals surface area contributed by atoms with Crippen molar-refractivity contribution in [3.8, 4) is 28.9 Å². The van der Waals surface area contributed by atoms with Crippen LogP contribution in [0, 0.1) is 11.3 Å². The predicted molar refractivity (Wildman–Crippen MR) is 107 cm³/mol. The summed E-state index contributed by atoms with van der Waals surface area (Å²) in [4.78, 5) is 4.39. The molecule has 0 aliphatic rings. The molecule has 4 rings (SSSR count). The van der Waals surface area contributed by atoms with E-state index in [0.717, 1.165) is 5.56 Å². The summed E-state index contributed by atoms with van der Waals surface area (Å²) in [6.45, 7) is 0. The molecule has 0 saturated heterocycles. The standard InChI is InChI=1S/C21H14N4O3S/c22-14-15-6-4-10-18(12-15)25-29(26,27)19-11-5-9-17(13-19)21-23-20(24-28-21)16-7-2-1-3-8-16/h1-13,25H. The summed E-state index contributed by atoms with van der Waals surface area (Å²) < 4.78 is 33.3. The van der Waals surface area contributed by atoms with Gasteiger partial charge in [-0.15, -0.1) is 0 Å². The summed E-state index contributed by atoms with van der Waals surface area (Å²) in [6.07, 6.45) is 0. The Morgan fingerprint density at radius 2 is 1.66 bits per heavy atom. The first kappa shape index (κ1) is 18.4. The number of hydrogen-bond acceptors (Lipinski definition) is 6. The predicted octanol–water partition coefficient (Wildman–Crippen LogP) is 4.08. The molecule has 0 saturated carbocycles. The van der Waals surface area contributed by atoms with Gasteiger partial charge in [0.05, 0.1) is 22.2 Å². The highest BCUT2D eigenvalue weighted by Gasteiger charge is 2.17. The minimum atomic E-state index is -3.86. The average Bonchev–Trinajstić information content (AvgIpc) is 3.25. The van der Waals surface area contributed by atoms with Gasteiger partial charge in [0.2, 0.25) is 5.82 Å². The molecule has 0 fully saturated rings. The highest BCUT2D eigenvalue weighted by molar-refractivity contribution is 7.92. The van der Waals surface area contributed by atoms with Crippen LogP contribution in [0.25, 0.3) is 22.8 Å². The Balaban J connectivity index is 1.63. The number of anilines is 1. The van der Waals surface area contributed by atoms with Crippen molar-refractivity contribution in [3.63, 3.8) is 0 Å². The van der Waals surface area contributed by atoms with Crippen LogP contribution in [-0.2, 0) is 10.0 Å². The molecule has 1 aromatic heterocycles. The maximum absolute atomic E-state index is 12.8. The SMILES string of the molecule is N#Cc1cccc(NS(=O)(=O)c2cccc(-c3nc(-c4ccccc4)no3)c2)c1. The Bertz CT molecular complexity index is 1310. The van der Waals surface area contributed by atoms with Gasteiger partial charge in [0, 0.05) is 11.1 Å². The first-order chi connectivity index (χ1) is 14.0. The van der Waals surface area contributed by atoms with Crippen molar-refractivity contribution in [2.75, 3.05) is 4.72 Å². The third-order valence-electron chi connectivity index (χ3n) is 4.09. The fourth-order valence-electron chi connectivity index (χ4n) is 2.71. The van der Waals surface area contributed by atoms with Gasteiger partial charge in [-0.1, -0.05) is 47.6 Å². The maximum Gasteiger partial charge on any atom is 0.261 e. The van der Waals surface area contributed by atoms with E-state index in [1.54, 1.807) is 30.3 Å². The van der Waals surface area contributed by atoms with E-state index in [0.29, 0.717) is 22.6 Å². The van der Waals surface area contributed by atoms with E-state index in [1.807, 2.05) is 36.4 Å². The molecule has 7 nitrogen and oxygen atoms in total. The summed E-state index contributed by atoms with van der Waals surface area (Å²) in [7, 11) is -3.86. The van der Waals surface area contributed by atoms with Gasteiger partial charge in [-0.2, -0.15) is 10.2 Å². The van der Waals surface area contributed by atoms with Crippen LogP contribution < -0.4 is 4.72 Å². The molecular weight excluding hydrogens is 388 g/mol. The number of nitriles is 1. The lowest BCUT2D eigenvalue weighted by atomic mass is 10.2. The summed E-state index contributed by atoms with van der Waals surface area (Å²) in [5.74, 6) is 0.632. The fourth-order valence-corrected chi connectivity index (χ4v) is 3.80. The minimum absolute atomic E-state index is 0.0387. The molecule has 0 aliphatic heterocycles. The lowest BCUT2D eigenvalue weighted by molar-refractivity contribution is 0.432. The molecule has 3 aromatic carbocycles. The van der Waals surface area contributed by atoms with Crippen molar-refractivity contribution >= 4 is 15.7 Å². The first-order valence-electron chi connectivity index (χ1n) is 8.58. The Hall–Kier alpha value is -3.96. The average molecular weight is 402 g/mol. The zero-order valence-electron chi connectivity index (χ0n) is 15.0. The maximum atomic E-state index is 12.8. The monoisotopic (exact) mass is 402 g/mol. The molecule has 8 heteroatoms. The van der Waals surface area contributed by atoms with Crippen LogP contribution in [0.1, 0.15) is 5.56 Å². The van der Waals surface area contributed by atoms with Gasteiger partial charge in [-0.3, -0.25) is 4.72 Å². The lowest BCUT2D eigenvalue weighted by Gasteiger charge is -2.09. The highest BCUT2D eigenvalue weighted by atomic mass is 32.2. The van der Waals surface area contributed by atoms with Gasteiger partial charge in [0.1, 0.15) is 0 Å². The van der Waals surface area contributed by atoms with Crippen LogP contribution >= 0.6 is 0 Å². The lowest BCUT2D eigenvalue weighted by Crippen LogP contribution is -2.13. The van der Waals surface area contributed by atoms with Crippen molar-refractivity contribution in [1.29, 1.82) is 5.26 Å². The third kappa shape index (κ3) is 4.00. The Labute approximate surface area is 167 Å². The number of aromatic nitrogens is 2. The van der Waals surface area contributed by atoms with E-state index in [4.69, 9.17) is 9.78 Å². The van der Waals surface area contributed by atoms with Gasteiger partial charge in [-0.25, -0.2) is 8.42 Å². The van der Waals surface area contributed by atoms with Crippen LogP contribution in [-0.4, -0.2) is 18.6 Å². The number of sulfonamides is 1. The zero-order valence-corrected chi connectivity index (χ0v) is 15.8. The largest absolute Gasteiger partial charge is 0.334 e.